The van der Waals surface area contributed by atoms with Gasteiger partial charge >= 0.3 is 0 Å². The number of rotatable bonds is 2. The molecule has 25 heavy (non-hydrogen) atoms. The van der Waals surface area contributed by atoms with E-state index in [2.05, 4.69) is 0 Å². The summed E-state index contributed by atoms with van der Waals surface area (Å²) in [5, 5.41) is 0. The molecule has 3 aliphatic rings. The minimum Gasteiger partial charge on any atom is -0.381 e. The highest BCUT2D eigenvalue weighted by molar-refractivity contribution is 5.88. The molecule has 6 heteroatoms. The van der Waals surface area contributed by atoms with Gasteiger partial charge in [0.15, 0.2) is 5.79 Å². The Morgan fingerprint density at radius 3 is 2.12 bits per heavy atom. The van der Waals surface area contributed by atoms with Gasteiger partial charge in [-0.05, 0) is 30.5 Å². The normalized spacial score (nSPS) is 25.2. The van der Waals surface area contributed by atoms with E-state index in [1.807, 2.05) is 4.90 Å². The molecule has 3 fully saturated rings. The molecule has 1 aromatic carbocycles. The van der Waals surface area contributed by atoms with Crippen LogP contribution in [0, 0.1) is 5.82 Å². The Kier molecular flexibility index (Phi) is 4.52. The molecule has 1 spiro atoms. The molecule has 0 bridgehead atoms. The van der Waals surface area contributed by atoms with Crippen molar-refractivity contribution in [2.45, 2.75) is 36.9 Å². The molecular formula is C19H24FNO4. The fourth-order valence-corrected chi connectivity index (χ4v) is 4.25. The fraction of sp³-hybridized carbons (Fsp3) is 0.632. The molecular weight excluding hydrogens is 325 g/mol. The number of halogens is 1. The first-order valence-electron chi connectivity index (χ1n) is 9.05. The number of hydrogen-bond donors (Lipinski definition) is 0. The van der Waals surface area contributed by atoms with E-state index in [1.54, 1.807) is 12.1 Å². The highest BCUT2D eigenvalue weighted by atomic mass is 19.1. The zero-order chi connectivity index (χ0) is 17.3. The van der Waals surface area contributed by atoms with Crippen molar-refractivity contribution in [2.24, 2.45) is 0 Å². The number of ether oxygens (including phenoxy) is 3. The number of nitrogens with zero attached hydrogens (tertiary/aromatic N) is 1. The third-order valence-corrected chi connectivity index (χ3v) is 5.78. The van der Waals surface area contributed by atoms with E-state index in [1.165, 1.54) is 12.1 Å². The zero-order valence-corrected chi connectivity index (χ0v) is 14.3. The van der Waals surface area contributed by atoms with Crippen LogP contribution in [0.1, 0.15) is 31.2 Å². The fourth-order valence-electron chi connectivity index (χ4n) is 4.25. The second-order valence-electron chi connectivity index (χ2n) is 7.10. The zero-order valence-electron chi connectivity index (χ0n) is 14.3. The van der Waals surface area contributed by atoms with Crippen LogP contribution in [0.3, 0.4) is 0 Å². The van der Waals surface area contributed by atoms with Crippen LogP contribution < -0.4 is 0 Å². The summed E-state index contributed by atoms with van der Waals surface area (Å²) < 4.78 is 30.4. The lowest BCUT2D eigenvalue weighted by Gasteiger charge is -2.44. The van der Waals surface area contributed by atoms with Crippen molar-refractivity contribution in [3.8, 4) is 0 Å². The van der Waals surface area contributed by atoms with E-state index in [4.69, 9.17) is 14.2 Å². The lowest BCUT2D eigenvalue weighted by atomic mass is 9.72. The maximum Gasteiger partial charge on any atom is 0.233 e. The van der Waals surface area contributed by atoms with Gasteiger partial charge in [-0.25, -0.2) is 4.39 Å². The Morgan fingerprint density at radius 1 is 0.920 bits per heavy atom. The summed E-state index contributed by atoms with van der Waals surface area (Å²) in [4.78, 5) is 15.4. The number of amides is 1. The van der Waals surface area contributed by atoms with Crippen LogP contribution >= 0.6 is 0 Å². The van der Waals surface area contributed by atoms with Gasteiger partial charge in [-0.3, -0.25) is 4.79 Å². The Hall–Kier alpha value is -1.50. The number of hydrogen-bond acceptors (Lipinski definition) is 4. The Morgan fingerprint density at radius 2 is 1.52 bits per heavy atom. The smallest absolute Gasteiger partial charge is 0.233 e. The van der Waals surface area contributed by atoms with E-state index < -0.39 is 11.2 Å². The van der Waals surface area contributed by atoms with Gasteiger partial charge in [0.05, 0.1) is 18.6 Å². The van der Waals surface area contributed by atoms with E-state index in [9.17, 15) is 9.18 Å². The lowest BCUT2D eigenvalue weighted by Crippen LogP contribution is -2.54. The molecule has 4 rings (SSSR count). The molecule has 3 saturated heterocycles. The first-order valence-corrected chi connectivity index (χ1v) is 9.05. The molecule has 3 aliphatic heterocycles. The molecule has 1 amide bonds. The van der Waals surface area contributed by atoms with Gasteiger partial charge in [0.25, 0.3) is 0 Å². The maximum atomic E-state index is 13.5. The van der Waals surface area contributed by atoms with Crippen molar-refractivity contribution < 1.29 is 23.4 Å². The van der Waals surface area contributed by atoms with Crippen LogP contribution in [0.4, 0.5) is 4.39 Å². The van der Waals surface area contributed by atoms with Gasteiger partial charge in [0.2, 0.25) is 5.91 Å². The summed E-state index contributed by atoms with van der Waals surface area (Å²) in [5.41, 5.74) is 0.268. The third-order valence-electron chi connectivity index (χ3n) is 5.78. The maximum absolute atomic E-state index is 13.5. The molecule has 136 valence electrons. The van der Waals surface area contributed by atoms with E-state index in [0.717, 1.165) is 5.56 Å². The van der Waals surface area contributed by atoms with Crippen molar-refractivity contribution in [2.75, 3.05) is 39.5 Å². The van der Waals surface area contributed by atoms with Crippen LogP contribution in [0.25, 0.3) is 0 Å². The second kappa shape index (κ2) is 6.67. The van der Waals surface area contributed by atoms with Gasteiger partial charge in [-0.2, -0.15) is 0 Å². The number of carbonyl (C=O) groups excluding carboxylic acids is 1. The van der Waals surface area contributed by atoms with Gasteiger partial charge < -0.3 is 19.1 Å². The van der Waals surface area contributed by atoms with Crippen molar-refractivity contribution in [3.05, 3.63) is 35.6 Å². The highest BCUT2D eigenvalue weighted by Gasteiger charge is 2.47. The van der Waals surface area contributed by atoms with Gasteiger partial charge in [0, 0.05) is 39.1 Å². The summed E-state index contributed by atoms with van der Waals surface area (Å²) >= 11 is 0. The number of likely N-dealkylation sites (tertiary alicyclic amines) is 1. The molecule has 0 aromatic heterocycles. The monoisotopic (exact) mass is 349 g/mol. The average Bonchev–Trinajstić information content (AvgIpc) is 3.11. The molecule has 0 unspecified atom stereocenters. The first kappa shape index (κ1) is 16.9. The molecule has 0 saturated carbocycles. The molecule has 0 N–H and O–H groups in total. The third kappa shape index (κ3) is 3.07. The molecule has 0 atom stereocenters. The van der Waals surface area contributed by atoms with E-state index >= 15 is 0 Å². The van der Waals surface area contributed by atoms with Crippen molar-refractivity contribution in [3.63, 3.8) is 0 Å². The van der Waals surface area contributed by atoms with Gasteiger partial charge in [-0.15, -0.1) is 0 Å². The lowest BCUT2D eigenvalue weighted by molar-refractivity contribution is -0.189. The summed E-state index contributed by atoms with van der Waals surface area (Å²) in [6.45, 7) is 3.61. The minimum absolute atomic E-state index is 0.121. The molecule has 0 aliphatic carbocycles. The summed E-state index contributed by atoms with van der Waals surface area (Å²) in [5.74, 6) is -0.653. The first-order chi connectivity index (χ1) is 12.1. The van der Waals surface area contributed by atoms with E-state index in [0.29, 0.717) is 65.2 Å². The SMILES string of the molecule is O=C(N1CCC2(CC1)OCCO2)C1(c2ccc(F)cc2)CCOCC1. The van der Waals surface area contributed by atoms with Gasteiger partial charge in [0.1, 0.15) is 5.82 Å². The molecule has 1 aromatic rings. The molecule has 5 nitrogen and oxygen atoms in total. The molecule has 0 radical (unpaired) electrons. The predicted octanol–water partition coefficient (Wildman–Crippen LogP) is 2.24. The number of piperidine rings is 1. The second-order valence-corrected chi connectivity index (χ2v) is 7.10. The van der Waals surface area contributed by atoms with Gasteiger partial charge in [-0.1, -0.05) is 12.1 Å². The predicted molar refractivity (Wildman–Crippen MR) is 88.6 cm³/mol. The minimum atomic E-state index is -0.617. The molecule has 3 heterocycles. The van der Waals surface area contributed by atoms with E-state index in [-0.39, 0.29) is 11.7 Å². The standard InChI is InChI=1S/C19H24FNO4/c20-16-3-1-15(2-4-16)18(7-11-23-12-8-18)17(22)21-9-5-19(6-10-21)24-13-14-25-19/h1-4H,5-14H2. The number of benzene rings is 1. The van der Waals surface area contributed by atoms with Crippen molar-refractivity contribution in [1.29, 1.82) is 0 Å². The Bertz CT molecular complexity index is 611. The topological polar surface area (TPSA) is 48.0 Å². The van der Waals surface area contributed by atoms with Crippen molar-refractivity contribution in [1.82, 2.24) is 4.90 Å². The summed E-state index contributed by atoms with van der Waals surface area (Å²) in [7, 11) is 0. The highest BCUT2D eigenvalue weighted by Crippen LogP contribution is 2.39. The van der Waals surface area contributed by atoms with Crippen LogP contribution in [0.5, 0.6) is 0 Å². The summed E-state index contributed by atoms with van der Waals surface area (Å²) in [6.07, 6.45) is 2.67. The Labute approximate surface area is 147 Å². The number of carbonyl (C=O) groups is 1. The van der Waals surface area contributed by atoms with Crippen molar-refractivity contribution >= 4 is 5.91 Å². The Balaban J connectivity index is 1.55. The van der Waals surface area contributed by atoms with Crippen LogP contribution in [-0.4, -0.2) is 56.1 Å². The average molecular weight is 349 g/mol. The van der Waals surface area contributed by atoms with Crippen LogP contribution in [-0.2, 0) is 24.4 Å². The van der Waals surface area contributed by atoms with Crippen LogP contribution in [0.2, 0.25) is 0 Å². The quantitative estimate of drug-likeness (QED) is 0.822. The summed E-state index contributed by atoms with van der Waals surface area (Å²) in [6, 6.07) is 6.36. The van der Waals surface area contributed by atoms with Crippen LogP contribution in [0.15, 0.2) is 24.3 Å². The largest absolute Gasteiger partial charge is 0.381 e.